The lowest BCUT2D eigenvalue weighted by Gasteiger charge is -2.34. The maximum Gasteiger partial charge on any atom is 0.273 e. The number of piperazine rings is 1. The summed E-state index contributed by atoms with van der Waals surface area (Å²) in [5.74, 6) is 0.223. The molecule has 0 aromatic heterocycles. The van der Waals surface area contributed by atoms with Crippen molar-refractivity contribution in [1.82, 2.24) is 9.80 Å². The number of halogens is 3. The number of ketones is 1. The fraction of sp³-hybridized carbons (Fsp3) is 0.409. The van der Waals surface area contributed by atoms with E-state index in [4.69, 9.17) is 4.74 Å². The Bertz CT molecular complexity index is 863. The minimum Gasteiger partial charge on any atom is -0.492 e. The predicted molar refractivity (Wildman–Crippen MR) is 126 cm³/mol. The molecule has 0 bridgehead atoms. The molecule has 1 saturated heterocycles. The zero-order chi connectivity index (χ0) is 21.3. The van der Waals surface area contributed by atoms with E-state index in [1.165, 1.54) is 36.4 Å². The third kappa shape index (κ3) is 8.70. The van der Waals surface area contributed by atoms with E-state index < -0.39 is 4.92 Å². The molecule has 32 heavy (non-hydrogen) atoms. The molecule has 0 saturated carbocycles. The van der Waals surface area contributed by atoms with Gasteiger partial charge in [-0.2, -0.15) is 0 Å². The van der Waals surface area contributed by atoms with Crippen molar-refractivity contribution in [2.24, 2.45) is 0 Å². The average molecular weight is 488 g/mol. The van der Waals surface area contributed by atoms with Gasteiger partial charge in [-0.1, -0.05) is 6.07 Å². The Hall–Kier alpha value is -2.26. The highest BCUT2D eigenvalue weighted by molar-refractivity contribution is 5.95. The van der Waals surface area contributed by atoms with Gasteiger partial charge in [0.05, 0.1) is 11.0 Å². The molecule has 0 N–H and O–H groups in total. The molecule has 1 aliphatic heterocycles. The molecule has 0 aliphatic carbocycles. The molecule has 0 unspecified atom stereocenters. The van der Waals surface area contributed by atoms with Crippen LogP contribution in [-0.4, -0.2) is 66.4 Å². The Morgan fingerprint density at radius 3 is 2.25 bits per heavy atom. The van der Waals surface area contributed by atoms with Crippen LogP contribution >= 0.6 is 24.8 Å². The van der Waals surface area contributed by atoms with Gasteiger partial charge in [0.2, 0.25) is 0 Å². The number of nitro groups is 1. The molecule has 10 heteroatoms. The Labute approximate surface area is 199 Å². The zero-order valence-corrected chi connectivity index (χ0v) is 19.3. The molecular formula is C22H28Cl2FN3O4. The van der Waals surface area contributed by atoms with E-state index >= 15 is 0 Å². The third-order valence-electron chi connectivity index (χ3n) is 5.21. The van der Waals surface area contributed by atoms with Gasteiger partial charge in [-0.3, -0.25) is 19.8 Å². The van der Waals surface area contributed by atoms with Gasteiger partial charge in [-0.15, -0.1) is 24.8 Å². The molecule has 176 valence electrons. The summed E-state index contributed by atoms with van der Waals surface area (Å²) in [6.07, 6.45) is 1.25. The van der Waals surface area contributed by atoms with E-state index in [2.05, 4.69) is 9.80 Å². The van der Waals surface area contributed by atoms with Crippen LogP contribution in [0.15, 0.2) is 48.5 Å². The van der Waals surface area contributed by atoms with Gasteiger partial charge in [0.15, 0.2) is 5.78 Å². The van der Waals surface area contributed by atoms with Crippen LogP contribution in [0.25, 0.3) is 0 Å². The number of nitro benzene ring substituents is 1. The first-order valence-electron chi connectivity index (χ1n) is 10.1. The molecule has 2 aromatic rings. The smallest absolute Gasteiger partial charge is 0.273 e. The van der Waals surface area contributed by atoms with Gasteiger partial charge in [-0.05, 0) is 43.3 Å². The van der Waals surface area contributed by atoms with Crippen molar-refractivity contribution in [1.29, 1.82) is 0 Å². The standard InChI is InChI=1S/C22H26FN3O4.2ClH/c23-19-8-6-18(7-9-19)22(27)5-2-10-24-11-13-25(14-12-24)15-16-30-21-4-1-3-20(17-21)26(28)29;;/h1,3-4,6-9,17H,2,5,10-16H2;2*1H. The van der Waals surface area contributed by atoms with Crippen LogP contribution in [0.1, 0.15) is 23.2 Å². The molecule has 0 spiro atoms. The highest BCUT2D eigenvalue weighted by Crippen LogP contribution is 2.19. The fourth-order valence-corrected chi connectivity index (χ4v) is 3.46. The van der Waals surface area contributed by atoms with Crippen molar-refractivity contribution in [2.75, 3.05) is 45.9 Å². The summed E-state index contributed by atoms with van der Waals surface area (Å²) in [4.78, 5) is 27.2. The molecule has 3 rings (SSSR count). The average Bonchev–Trinajstić information content (AvgIpc) is 2.75. The summed E-state index contributed by atoms with van der Waals surface area (Å²) in [6.45, 7) is 5.81. The molecule has 1 aliphatic rings. The van der Waals surface area contributed by atoms with Crippen LogP contribution in [0.5, 0.6) is 5.75 Å². The van der Waals surface area contributed by atoms with E-state index in [0.717, 1.165) is 45.7 Å². The normalized spacial score (nSPS) is 14.2. The zero-order valence-electron chi connectivity index (χ0n) is 17.7. The monoisotopic (exact) mass is 487 g/mol. The van der Waals surface area contributed by atoms with Crippen LogP contribution < -0.4 is 4.74 Å². The number of benzene rings is 2. The first-order chi connectivity index (χ1) is 14.5. The summed E-state index contributed by atoms with van der Waals surface area (Å²) in [7, 11) is 0. The number of hydrogen-bond acceptors (Lipinski definition) is 6. The van der Waals surface area contributed by atoms with Crippen LogP contribution in [0.2, 0.25) is 0 Å². The van der Waals surface area contributed by atoms with Gasteiger partial charge < -0.3 is 9.64 Å². The van der Waals surface area contributed by atoms with Gasteiger partial charge in [0.25, 0.3) is 5.69 Å². The molecule has 0 radical (unpaired) electrons. The topological polar surface area (TPSA) is 75.9 Å². The summed E-state index contributed by atoms with van der Waals surface area (Å²) < 4.78 is 18.6. The number of rotatable bonds is 10. The van der Waals surface area contributed by atoms with Gasteiger partial charge in [-0.25, -0.2) is 4.39 Å². The van der Waals surface area contributed by atoms with Gasteiger partial charge in [0, 0.05) is 50.8 Å². The van der Waals surface area contributed by atoms with Gasteiger partial charge in [0.1, 0.15) is 18.2 Å². The van der Waals surface area contributed by atoms with Crippen LogP contribution in [0, 0.1) is 15.9 Å². The summed E-state index contributed by atoms with van der Waals surface area (Å²) >= 11 is 0. The van der Waals surface area contributed by atoms with E-state index in [9.17, 15) is 19.3 Å². The number of carbonyl (C=O) groups is 1. The molecule has 7 nitrogen and oxygen atoms in total. The number of hydrogen-bond donors (Lipinski definition) is 0. The Morgan fingerprint density at radius 1 is 1.00 bits per heavy atom. The van der Waals surface area contributed by atoms with Crippen molar-refractivity contribution < 1.29 is 18.8 Å². The Kier molecular flexibility index (Phi) is 12.2. The SMILES string of the molecule is Cl.Cl.O=C(CCCN1CCN(CCOc2cccc([N+](=O)[O-])c2)CC1)c1ccc(F)cc1. The number of nitrogens with zero attached hydrogens (tertiary/aromatic N) is 3. The van der Waals surface area contributed by atoms with Crippen LogP contribution in [-0.2, 0) is 0 Å². The summed E-state index contributed by atoms with van der Waals surface area (Å²) in [5, 5.41) is 10.8. The molecular weight excluding hydrogens is 460 g/mol. The largest absolute Gasteiger partial charge is 0.492 e. The van der Waals surface area contributed by atoms with Crippen molar-refractivity contribution in [2.45, 2.75) is 12.8 Å². The molecule has 2 aromatic carbocycles. The molecule has 1 fully saturated rings. The lowest BCUT2D eigenvalue weighted by Crippen LogP contribution is -2.47. The Balaban J connectivity index is 0.00000256. The molecule has 0 atom stereocenters. The quantitative estimate of drug-likeness (QED) is 0.283. The molecule has 1 heterocycles. The lowest BCUT2D eigenvalue weighted by atomic mass is 10.1. The number of ether oxygens (including phenoxy) is 1. The highest BCUT2D eigenvalue weighted by Gasteiger charge is 2.17. The van der Waals surface area contributed by atoms with Crippen molar-refractivity contribution in [3.63, 3.8) is 0 Å². The summed E-state index contributed by atoms with van der Waals surface area (Å²) in [5.41, 5.74) is 0.587. The van der Waals surface area contributed by atoms with E-state index in [0.29, 0.717) is 24.3 Å². The van der Waals surface area contributed by atoms with E-state index in [-0.39, 0.29) is 42.1 Å². The van der Waals surface area contributed by atoms with E-state index in [1.54, 1.807) is 12.1 Å². The fourth-order valence-electron chi connectivity index (χ4n) is 3.46. The maximum absolute atomic E-state index is 12.9. The first kappa shape index (κ1) is 27.8. The first-order valence-corrected chi connectivity index (χ1v) is 10.1. The second kappa shape index (κ2) is 14.0. The van der Waals surface area contributed by atoms with Crippen LogP contribution in [0.3, 0.4) is 0 Å². The number of Topliss-reactive ketones (excluding diaryl/α,β-unsaturated/α-hetero) is 1. The molecule has 0 amide bonds. The second-order valence-corrected chi connectivity index (χ2v) is 7.32. The van der Waals surface area contributed by atoms with E-state index in [1.807, 2.05) is 0 Å². The van der Waals surface area contributed by atoms with Crippen molar-refractivity contribution in [3.8, 4) is 5.75 Å². The predicted octanol–water partition coefficient (Wildman–Crippen LogP) is 4.24. The van der Waals surface area contributed by atoms with Crippen molar-refractivity contribution >= 4 is 36.3 Å². The summed E-state index contributed by atoms with van der Waals surface area (Å²) in [6, 6.07) is 11.9. The maximum atomic E-state index is 12.9. The highest BCUT2D eigenvalue weighted by atomic mass is 35.5. The van der Waals surface area contributed by atoms with Crippen molar-refractivity contribution in [3.05, 3.63) is 70.0 Å². The minimum atomic E-state index is -0.431. The minimum absolute atomic E-state index is 0. The van der Waals surface area contributed by atoms with Gasteiger partial charge >= 0.3 is 0 Å². The second-order valence-electron chi connectivity index (χ2n) is 7.32. The number of carbonyl (C=O) groups excluding carboxylic acids is 1. The van der Waals surface area contributed by atoms with Crippen LogP contribution in [0.4, 0.5) is 10.1 Å². The lowest BCUT2D eigenvalue weighted by molar-refractivity contribution is -0.384. The number of non-ortho nitro benzene ring substituents is 1. The Morgan fingerprint density at radius 2 is 1.62 bits per heavy atom. The third-order valence-corrected chi connectivity index (χ3v) is 5.21.